The van der Waals surface area contributed by atoms with Crippen LogP contribution in [0, 0.1) is 11.8 Å². The summed E-state index contributed by atoms with van der Waals surface area (Å²) in [5.41, 5.74) is 2.45. The number of hydrogen-bond donors (Lipinski definition) is 2. The van der Waals surface area contributed by atoms with E-state index in [9.17, 15) is 4.79 Å². The Balaban J connectivity index is 1.61. The number of rotatable bonds is 3. The topological polar surface area (TPSA) is 41.1 Å². The number of hydrogen-bond acceptors (Lipinski definition) is 2. The van der Waals surface area contributed by atoms with Crippen molar-refractivity contribution in [3.63, 3.8) is 0 Å². The molecule has 1 aromatic rings. The first-order valence-corrected chi connectivity index (χ1v) is 8.40. The van der Waals surface area contributed by atoms with Gasteiger partial charge in [-0.25, -0.2) is 0 Å². The summed E-state index contributed by atoms with van der Waals surface area (Å²) in [6.45, 7) is 3.00. The smallest absolute Gasteiger partial charge is 0.225 e. The number of para-hydroxylation sites is 1. The molecule has 3 unspecified atom stereocenters. The van der Waals surface area contributed by atoms with Crippen LogP contribution in [-0.2, 0) is 11.2 Å². The first-order valence-electron chi connectivity index (χ1n) is 8.40. The lowest BCUT2D eigenvalue weighted by Crippen LogP contribution is -2.47. The van der Waals surface area contributed by atoms with E-state index in [2.05, 4.69) is 35.8 Å². The van der Waals surface area contributed by atoms with E-state index in [0.717, 1.165) is 19.4 Å². The lowest BCUT2D eigenvalue weighted by Gasteiger charge is -2.33. The van der Waals surface area contributed by atoms with Gasteiger partial charge >= 0.3 is 0 Å². The minimum atomic E-state index is 0.0688. The molecule has 0 radical (unpaired) electrons. The number of amides is 1. The highest BCUT2D eigenvalue weighted by Crippen LogP contribution is 2.28. The number of carbonyl (C=O) groups excluding carboxylic acids is 1. The third-order valence-corrected chi connectivity index (χ3v) is 5.15. The van der Waals surface area contributed by atoms with Crippen molar-refractivity contribution in [2.24, 2.45) is 11.8 Å². The molecule has 0 bridgehead atoms. The zero-order chi connectivity index (χ0) is 14.7. The molecule has 3 heteroatoms. The van der Waals surface area contributed by atoms with E-state index in [-0.39, 0.29) is 11.8 Å². The molecule has 2 N–H and O–H groups in total. The standard InChI is InChI=1S/C18H26N2O/c1-2-13-7-3-6-10-17(13)20-18(21)15-11-14-8-4-5-9-16(14)19-12-15/h4-5,8-9,13,15,17,19H,2-3,6-7,10-12H2,1H3,(H,20,21). The van der Waals surface area contributed by atoms with Crippen molar-refractivity contribution in [1.82, 2.24) is 5.32 Å². The van der Waals surface area contributed by atoms with E-state index in [1.54, 1.807) is 0 Å². The van der Waals surface area contributed by atoms with Gasteiger partial charge < -0.3 is 10.6 Å². The zero-order valence-corrected chi connectivity index (χ0v) is 12.9. The molecule has 0 spiro atoms. The van der Waals surface area contributed by atoms with Crippen LogP contribution in [0.2, 0.25) is 0 Å². The van der Waals surface area contributed by atoms with E-state index < -0.39 is 0 Å². The summed E-state index contributed by atoms with van der Waals surface area (Å²) in [5, 5.41) is 6.74. The van der Waals surface area contributed by atoms with E-state index >= 15 is 0 Å². The second-order valence-corrected chi connectivity index (χ2v) is 6.51. The molecule has 1 aromatic carbocycles. The maximum Gasteiger partial charge on any atom is 0.225 e. The van der Waals surface area contributed by atoms with Crippen molar-refractivity contribution < 1.29 is 4.79 Å². The Kier molecular flexibility index (Phi) is 4.47. The number of fused-ring (bicyclic) bond motifs is 1. The summed E-state index contributed by atoms with van der Waals surface area (Å²) in [4.78, 5) is 12.6. The van der Waals surface area contributed by atoms with Gasteiger partial charge in [-0.1, -0.05) is 44.4 Å². The second-order valence-electron chi connectivity index (χ2n) is 6.51. The first kappa shape index (κ1) is 14.4. The monoisotopic (exact) mass is 286 g/mol. The van der Waals surface area contributed by atoms with Crippen molar-refractivity contribution in [1.29, 1.82) is 0 Å². The fourth-order valence-corrected chi connectivity index (χ4v) is 3.81. The Morgan fingerprint density at radius 1 is 1.29 bits per heavy atom. The molecule has 2 aliphatic rings. The molecule has 114 valence electrons. The summed E-state index contributed by atoms with van der Waals surface area (Å²) in [7, 11) is 0. The molecule has 1 fully saturated rings. The Bertz CT molecular complexity index is 500. The minimum absolute atomic E-state index is 0.0688. The number of carbonyl (C=O) groups is 1. The molecule has 1 heterocycles. The van der Waals surface area contributed by atoms with Gasteiger partial charge in [-0.3, -0.25) is 4.79 Å². The molecule has 1 saturated carbocycles. The fourth-order valence-electron chi connectivity index (χ4n) is 3.81. The van der Waals surface area contributed by atoms with Crippen molar-refractivity contribution in [3.8, 4) is 0 Å². The van der Waals surface area contributed by atoms with Gasteiger partial charge in [-0.15, -0.1) is 0 Å². The van der Waals surface area contributed by atoms with Crippen LogP contribution in [0.1, 0.15) is 44.6 Å². The van der Waals surface area contributed by atoms with Crippen molar-refractivity contribution in [2.45, 2.75) is 51.5 Å². The number of benzene rings is 1. The van der Waals surface area contributed by atoms with E-state index in [4.69, 9.17) is 0 Å². The largest absolute Gasteiger partial charge is 0.384 e. The molecule has 3 atom stereocenters. The predicted octanol–water partition coefficient (Wildman–Crippen LogP) is 3.36. The van der Waals surface area contributed by atoms with Crippen LogP contribution >= 0.6 is 0 Å². The molecule has 3 rings (SSSR count). The highest BCUT2D eigenvalue weighted by Gasteiger charge is 2.29. The van der Waals surface area contributed by atoms with E-state index in [0.29, 0.717) is 12.0 Å². The highest BCUT2D eigenvalue weighted by molar-refractivity contribution is 5.81. The first-order chi connectivity index (χ1) is 10.3. The zero-order valence-electron chi connectivity index (χ0n) is 12.9. The van der Waals surface area contributed by atoms with Crippen molar-refractivity contribution in [3.05, 3.63) is 29.8 Å². The molecule has 21 heavy (non-hydrogen) atoms. The molecule has 0 aromatic heterocycles. The normalized spacial score (nSPS) is 28.3. The summed E-state index contributed by atoms with van der Waals surface area (Å²) in [6, 6.07) is 8.71. The van der Waals surface area contributed by atoms with Crippen LogP contribution in [0.4, 0.5) is 5.69 Å². The molecular weight excluding hydrogens is 260 g/mol. The van der Waals surface area contributed by atoms with Gasteiger partial charge in [0, 0.05) is 18.3 Å². The number of nitrogens with one attached hydrogen (secondary N) is 2. The minimum Gasteiger partial charge on any atom is -0.384 e. The van der Waals surface area contributed by atoms with Crippen LogP contribution in [0.15, 0.2) is 24.3 Å². The SMILES string of the molecule is CCC1CCCCC1NC(=O)C1CNc2ccccc2C1. The molecule has 0 saturated heterocycles. The van der Waals surface area contributed by atoms with Crippen molar-refractivity contribution >= 4 is 11.6 Å². The van der Waals surface area contributed by atoms with E-state index in [1.165, 1.54) is 36.9 Å². The quantitative estimate of drug-likeness (QED) is 0.894. The maximum atomic E-state index is 12.6. The Labute approximate surface area is 127 Å². The number of anilines is 1. The van der Waals surface area contributed by atoms with Crippen molar-refractivity contribution in [2.75, 3.05) is 11.9 Å². The summed E-state index contributed by atoms with van der Waals surface area (Å²) >= 11 is 0. The van der Waals surface area contributed by atoms with Crippen LogP contribution in [0.3, 0.4) is 0 Å². The third kappa shape index (κ3) is 3.22. The Morgan fingerprint density at radius 2 is 2.10 bits per heavy atom. The molecule has 1 aliphatic carbocycles. The lowest BCUT2D eigenvalue weighted by molar-refractivity contribution is -0.126. The molecular formula is C18H26N2O. The fraction of sp³-hybridized carbons (Fsp3) is 0.611. The van der Waals surface area contributed by atoms with Crippen LogP contribution in [-0.4, -0.2) is 18.5 Å². The molecule has 3 nitrogen and oxygen atoms in total. The average molecular weight is 286 g/mol. The predicted molar refractivity (Wildman–Crippen MR) is 86.3 cm³/mol. The second kappa shape index (κ2) is 6.50. The van der Waals surface area contributed by atoms with Gasteiger partial charge in [0.15, 0.2) is 0 Å². The van der Waals surface area contributed by atoms with Gasteiger partial charge in [0.25, 0.3) is 0 Å². The lowest BCUT2D eigenvalue weighted by atomic mass is 9.82. The van der Waals surface area contributed by atoms with Gasteiger partial charge in [0.05, 0.1) is 5.92 Å². The van der Waals surface area contributed by atoms with E-state index in [1.807, 2.05) is 6.07 Å². The van der Waals surface area contributed by atoms with Crippen LogP contribution in [0.25, 0.3) is 0 Å². The average Bonchev–Trinajstić information content (AvgIpc) is 2.55. The maximum absolute atomic E-state index is 12.6. The Hall–Kier alpha value is -1.51. The van der Waals surface area contributed by atoms with Gasteiger partial charge in [-0.05, 0) is 36.8 Å². The van der Waals surface area contributed by atoms with Crippen LogP contribution < -0.4 is 10.6 Å². The summed E-state index contributed by atoms with van der Waals surface area (Å²) in [6.07, 6.45) is 7.04. The van der Waals surface area contributed by atoms with Gasteiger partial charge in [-0.2, -0.15) is 0 Å². The van der Waals surface area contributed by atoms with Gasteiger partial charge in [0.2, 0.25) is 5.91 Å². The summed E-state index contributed by atoms with van der Waals surface area (Å²) < 4.78 is 0. The molecule has 1 amide bonds. The Morgan fingerprint density at radius 3 is 2.95 bits per heavy atom. The third-order valence-electron chi connectivity index (χ3n) is 5.15. The highest BCUT2D eigenvalue weighted by atomic mass is 16.2. The summed E-state index contributed by atoms with van der Waals surface area (Å²) in [5.74, 6) is 0.980. The van der Waals surface area contributed by atoms with Gasteiger partial charge in [0.1, 0.15) is 0 Å². The molecule has 1 aliphatic heterocycles. The van der Waals surface area contributed by atoms with Crippen LogP contribution in [0.5, 0.6) is 0 Å².